The van der Waals surface area contributed by atoms with Gasteiger partial charge >= 0.3 is 6.18 Å². The van der Waals surface area contributed by atoms with Gasteiger partial charge in [-0.05, 0) is 24.8 Å². The lowest BCUT2D eigenvalue weighted by Crippen LogP contribution is -2.42. The highest BCUT2D eigenvalue weighted by molar-refractivity contribution is 4.77. The summed E-state index contributed by atoms with van der Waals surface area (Å²) in [6.07, 6.45) is -3.40. The molecule has 0 aliphatic rings. The van der Waals surface area contributed by atoms with Crippen LogP contribution in [-0.4, -0.2) is 18.8 Å². The Morgan fingerprint density at radius 1 is 1.14 bits per heavy atom. The van der Waals surface area contributed by atoms with Crippen molar-refractivity contribution >= 4 is 0 Å². The number of halogens is 3. The molecule has 0 fully saturated rings. The van der Waals surface area contributed by atoms with E-state index in [1.54, 1.807) is 6.92 Å². The second-order valence-electron chi connectivity index (χ2n) is 4.75. The third-order valence-corrected chi connectivity index (χ3v) is 2.03. The van der Waals surface area contributed by atoms with Gasteiger partial charge in [-0.2, -0.15) is 13.2 Å². The molecule has 0 aliphatic carbocycles. The molecular weight excluding hydrogens is 191 g/mol. The van der Waals surface area contributed by atoms with Crippen molar-refractivity contribution in [3.05, 3.63) is 0 Å². The first-order chi connectivity index (χ1) is 6.17. The van der Waals surface area contributed by atoms with Gasteiger partial charge in [0.05, 0.1) is 0 Å². The highest BCUT2D eigenvalue weighted by Gasteiger charge is 2.38. The van der Waals surface area contributed by atoms with Crippen LogP contribution in [-0.2, 0) is 0 Å². The van der Waals surface area contributed by atoms with E-state index in [0.29, 0.717) is 13.0 Å². The molecule has 0 radical (unpaired) electrons. The summed E-state index contributed by atoms with van der Waals surface area (Å²) in [6, 6.07) is -1.35. The largest absolute Gasteiger partial charge is 0.403 e. The summed E-state index contributed by atoms with van der Waals surface area (Å²) in [5.74, 6) is 0. The Labute approximate surface area is 84.1 Å². The van der Waals surface area contributed by atoms with E-state index in [9.17, 15) is 13.2 Å². The van der Waals surface area contributed by atoms with Crippen LogP contribution < -0.4 is 5.32 Å². The average Bonchev–Trinajstić information content (AvgIpc) is 1.93. The maximum Gasteiger partial charge on any atom is 0.403 e. The predicted octanol–water partition coefficient (Wildman–Crippen LogP) is 3.35. The van der Waals surface area contributed by atoms with Crippen molar-refractivity contribution in [3.8, 4) is 0 Å². The van der Waals surface area contributed by atoms with E-state index in [0.717, 1.165) is 0 Å². The van der Waals surface area contributed by atoms with Crippen molar-refractivity contribution in [2.24, 2.45) is 5.41 Å². The standard InChI is InChI=1S/C10H20F3N/c1-5-14-8(10(11,12)13)6-7-9(2,3)4/h8,14H,5-7H2,1-4H3. The summed E-state index contributed by atoms with van der Waals surface area (Å²) in [5, 5.41) is 2.47. The quantitative estimate of drug-likeness (QED) is 0.752. The molecule has 0 bridgehead atoms. The Kier molecular flexibility index (Phi) is 4.92. The molecule has 0 saturated carbocycles. The van der Waals surface area contributed by atoms with Crippen LogP contribution in [0.2, 0.25) is 0 Å². The maximum atomic E-state index is 12.4. The fraction of sp³-hybridized carbons (Fsp3) is 1.00. The summed E-state index contributed by atoms with van der Waals surface area (Å²) >= 11 is 0. The summed E-state index contributed by atoms with van der Waals surface area (Å²) in [6.45, 7) is 7.90. The Morgan fingerprint density at radius 3 is 1.93 bits per heavy atom. The van der Waals surface area contributed by atoms with Gasteiger partial charge in [0.25, 0.3) is 0 Å². The van der Waals surface area contributed by atoms with Crippen LogP contribution in [0.4, 0.5) is 13.2 Å². The first-order valence-electron chi connectivity index (χ1n) is 4.97. The molecule has 86 valence electrons. The molecule has 0 aromatic rings. The van der Waals surface area contributed by atoms with Gasteiger partial charge in [0.15, 0.2) is 0 Å². The Hall–Kier alpha value is -0.250. The molecule has 1 nitrogen and oxygen atoms in total. The maximum absolute atomic E-state index is 12.4. The minimum absolute atomic E-state index is 0.0427. The molecular formula is C10H20F3N. The topological polar surface area (TPSA) is 12.0 Å². The second-order valence-corrected chi connectivity index (χ2v) is 4.75. The second kappa shape index (κ2) is 5.01. The first kappa shape index (κ1) is 13.8. The number of hydrogen-bond donors (Lipinski definition) is 1. The Bertz CT molecular complexity index is 158. The monoisotopic (exact) mass is 211 g/mol. The van der Waals surface area contributed by atoms with E-state index < -0.39 is 12.2 Å². The van der Waals surface area contributed by atoms with Gasteiger partial charge in [0, 0.05) is 0 Å². The van der Waals surface area contributed by atoms with E-state index >= 15 is 0 Å². The van der Waals surface area contributed by atoms with Gasteiger partial charge in [0.2, 0.25) is 0 Å². The number of alkyl halides is 3. The number of nitrogens with one attached hydrogen (secondary N) is 1. The lowest BCUT2D eigenvalue weighted by molar-refractivity contribution is -0.158. The molecule has 0 heterocycles. The van der Waals surface area contributed by atoms with Crippen LogP contribution >= 0.6 is 0 Å². The van der Waals surface area contributed by atoms with Crippen molar-refractivity contribution < 1.29 is 13.2 Å². The SMILES string of the molecule is CCNC(CCC(C)(C)C)C(F)(F)F. The zero-order valence-electron chi connectivity index (χ0n) is 9.33. The summed E-state index contributed by atoms with van der Waals surface area (Å²) in [4.78, 5) is 0. The minimum Gasteiger partial charge on any atom is -0.306 e. The van der Waals surface area contributed by atoms with Crippen molar-refractivity contribution in [3.63, 3.8) is 0 Å². The predicted molar refractivity (Wildman–Crippen MR) is 52.2 cm³/mol. The molecule has 4 heteroatoms. The Balaban J connectivity index is 4.12. The highest BCUT2D eigenvalue weighted by Crippen LogP contribution is 2.28. The molecule has 0 aromatic heterocycles. The molecule has 0 rings (SSSR count). The summed E-state index contributed by atoms with van der Waals surface area (Å²) < 4.78 is 37.3. The van der Waals surface area contributed by atoms with Crippen LogP contribution in [0.1, 0.15) is 40.5 Å². The van der Waals surface area contributed by atoms with Crippen molar-refractivity contribution in [1.82, 2.24) is 5.32 Å². The average molecular weight is 211 g/mol. The lowest BCUT2D eigenvalue weighted by atomic mass is 9.88. The minimum atomic E-state index is -4.12. The molecule has 0 spiro atoms. The molecule has 14 heavy (non-hydrogen) atoms. The van der Waals surface area contributed by atoms with Gasteiger partial charge in [-0.15, -0.1) is 0 Å². The molecule has 0 amide bonds. The number of hydrogen-bond acceptors (Lipinski definition) is 1. The molecule has 1 atom stereocenters. The molecule has 0 aromatic carbocycles. The van der Waals surface area contributed by atoms with Gasteiger partial charge in [-0.3, -0.25) is 0 Å². The summed E-state index contributed by atoms with van der Waals surface area (Å²) in [7, 11) is 0. The molecule has 0 aliphatic heterocycles. The lowest BCUT2D eigenvalue weighted by Gasteiger charge is -2.25. The van der Waals surface area contributed by atoms with Crippen LogP contribution in [0.3, 0.4) is 0 Å². The van der Waals surface area contributed by atoms with Crippen molar-refractivity contribution in [1.29, 1.82) is 0 Å². The smallest absolute Gasteiger partial charge is 0.306 e. The van der Waals surface area contributed by atoms with E-state index in [1.165, 1.54) is 0 Å². The van der Waals surface area contributed by atoms with Crippen LogP contribution in [0.5, 0.6) is 0 Å². The zero-order chi connectivity index (χ0) is 11.4. The zero-order valence-corrected chi connectivity index (χ0v) is 9.33. The fourth-order valence-electron chi connectivity index (χ4n) is 1.21. The number of rotatable bonds is 4. The normalized spacial score (nSPS) is 15.6. The van der Waals surface area contributed by atoms with Crippen molar-refractivity contribution in [2.75, 3.05) is 6.54 Å². The van der Waals surface area contributed by atoms with Gasteiger partial charge in [-0.25, -0.2) is 0 Å². The first-order valence-corrected chi connectivity index (χ1v) is 4.97. The Morgan fingerprint density at radius 2 is 1.64 bits per heavy atom. The van der Waals surface area contributed by atoms with Crippen molar-refractivity contribution in [2.45, 2.75) is 52.8 Å². The van der Waals surface area contributed by atoms with E-state index in [1.807, 2.05) is 20.8 Å². The van der Waals surface area contributed by atoms with Crippen LogP contribution in [0.15, 0.2) is 0 Å². The molecule has 1 N–H and O–H groups in total. The van der Waals surface area contributed by atoms with E-state index in [-0.39, 0.29) is 11.8 Å². The fourth-order valence-corrected chi connectivity index (χ4v) is 1.21. The molecule has 1 unspecified atom stereocenters. The van der Waals surface area contributed by atoms with Crippen LogP contribution in [0, 0.1) is 5.41 Å². The van der Waals surface area contributed by atoms with Gasteiger partial charge in [-0.1, -0.05) is 27.7 Å². The third-order valence-electron chi connectivity index (χ3n) is 2.03. The summed E-state index contributed by atoms with van der Waals surface area (Å²) in [5.41, 5.74) is -0.0427. The third kappa shape index (κ3) is 6.24. The van der Waals surface area contributed by atoms with Gasteiger partial charge in [0.1, 0.15) is 6.04 Å². The van der Waals surface area contributed by atoms with Crippen LogP contribution in [0.25, 0.3) is 0 Å². The highest BCUT2D eigenvalue weighted by atomic mass is 19.4. The molecule has 0 saturated heterocycles. The van der Waals surface area contributed by atoms with Gasteiger partial charge < -0.3 is 5.32 Å². The van der Waals surface area contributed by atoms with E-state index in [4.69, 9.17) is 0 Å². The van der Waals surface area contributed by atoms with E-state index in [2.05, 4.69) is 5.32 Å².